The summed E-state index contributed by atoms with van der Waals surface area (Å²) >= 11 is 0. The SMILES string of the molecule is CCN1CCC(Cc2nc(CC=O)no2)C1. The molecule has 2 rings (SSSR count). The van der Waals surface area contributed by atoms with E-state index in [1.807, 2.05) is 0 Å². The van der Waals surface area contributed by atoms with Gasteiger partial charge in [0, 0.05) is 13.0 Å². The summed E-state index contributed by atoms with van der Waals surface area (Å²) in [4.78, 5) is 16.9. The van der Waals surface area contributed by atoms with E-state index in [2.05, 4.69) is 22.0 Å². The molecule has 0 spiro atoms. The minimum Gasteiger partial charge on any atom is -0.339 e. The molecule has 0 aromatic carbocycles. The van der Waals surface area contributed by atoms with Gasteiger partial charge >= 0.3 is 0 Å². The molecule has 0 radical (unpaired) electrons. The number of aromatic nitrogens is 2. The standard InChI is InChI=1S/C11H17N3O2/c1-2-14-5-3-9(8-14)7-11-12-10(4-6-15)13-16-11/h6,9H,2-5,7-8H2,1H3. The van der Waals surface area contributed by atoms with Crippen LogP contribution in [-0.4, -0.2) is 41.0 Å². The molecule has 0 bridgehead atoms. The van der Waals surface area contributed by atoms with Crippen molar-refractivity contribution in [1.29, 1.82) is 0 Å². The Morgan fingerprint density at radius 3 is 3.19 bits per heavy atom. The highest BCUT2D eigenvalue weighted by Crippen LogP contribution is 2.19. The van der Waals surface area contributed by atoms with Gasteiger partial charge in [-0.2, -0.15) is 4.98 Å². The topological polar surface area (TPSA) is 59.2 Å². The molecule has 1 aliphatic heterocycles. The fourth-order valence-corrected chi connectivity index (χ4v) is 2.14. The smallest absolute Gasteiger partial charge is 0.226 e. The van der Waals surface area contributed by atoms with Gasteiger partial charge in [0.1, 0.15) is 6.29 Å². The highest BCUT2D eigenvalue weighted by Gasteiger charge is 2.23. The van der Waals surface area contributed by atoms with Crippen molar-refractivity contribution in [2.75, 3.05) is 19.6 Å². The molecule has 1 unspecified atom stereocenters. The van der Waals surface area contributed by atoms with Crippen molar-refractivity contribution in [3.63, 3.8) is 0 Å². The van der Waals surface area contributed by atoms with Gasteiger partial charge < -0.3 is 14.2 Å². The third-order valence-corrected chi connectivity index (χ3v) is 3.06. The molecule has 1 aromatic rings. The molecule has 0 saturated carbocycles. The van der Waals surface area contributed by atoms with Gasteiger partial charge in [0.05, 0.1) is 6.42 Å². The molecule has 2 heterocycles. The van der Waals surface area contributed by atoms with E-state index in [4.69, 9.17) is 4.52 Å². The second-order valence-electron chi connectivity index (χ2n) is 4.23. The molecule has 88 valence electrons. The summed E-state index contributed by atoms with van der Waals surface area (Å²) in [6.45, 7) is 5.56. The van der Waals surface area contributed by atoms with E-state index in [0.29, 0.717) is 17.6 Å². The largest absolute Gasteiger partial charge is 0.339 e. The molecule has 16 heavy (non-hydrogen) atoms. The minimum atomic E-state index is 0.245. The number of carbonyl (C=O) groups excluding carboxylic acids is 1. The van der Waals surface area contributed by atoms with E-state index in [-0.39, 0.29) is 6.42 Å². The van der Waals surface area contributed by atoms with Crippen LogP contribution in [-0.2, 0) is 17.6 Å². The van der Waals surface area contributed by atoms with Crippen LogP contribution in [0.4, 0.5) is 0 Å². The maximum atomic E-state index is 10.3. The molecular weight excluding hydrogens is 206 g/mol. The zero-order chi connectivity index (χ0) is 11.4. The van der Waals surface area contributed by atoms with Gasteiger partial charge in [-0.25, -0.2) is 0 Å². The summed E-state index contributed by atoms with van der Waals surface area (Å²) in [5.41, 5.74) is 0. The van der Waals surface area contributed by atoms with Crippen LogP contribution in [0.25, 0.3) is 0 Å². The Hall–Kier alpha value is -1.23. The molecule has 5 heteroatoms. The van der Waals surface area contributed by atoms with Gasteiger partial charge in [0.15, 0.2) is 5.82 Å². The number of rotatable bonds is 5. The van der Waals surface area contributed by atoms with Crippen molar-refractivity contribution in [3.05, 3.63) is 11.7 Å². The van der Waals surface area contributed by atoms with Crippen LogP contribution in [0.15, 0.2) is 4.52 Å². The van der Waals surface area contributed by atoms with Crippen LogP contribution < -0.4 is 0 Å². The third-order valence-electron chi connectivity index (χ3n) is 3.06. The van der Waals surface area contributed by atoms with Crippen LogP contribution in [0.3, 0.4) is 0 Å². The lowest BCUT2D eigenvalue weighted by atomic mass is 10.1. The van der Waals surface area contributed by atoms with E-state index in [9.17, 15) is 4.79 Å². The van der Waals surface area contributed by atoms with Gasteiger partial charge in [-0.15, -0.1) is 0 Å². The maximum absolute atomic E-state index is 10.3. The van der Waals surface area contributed by atoms with Crippen LogP contribution >= 0.6 is 0 Å². The molecule has 1 aromatic heterocycles. The first-order chi connectivity index (χ1) is 7.81. The molecular formula is C11H17N3O2. The highest BCUT2D eigenvalue weighted by molar-refractivity contribution is 5.52. The second kappa shape index (κ2) is 5.21. The zero-order valence-corrected chi connectivity index (χ0v) is 9.56. The van der Waals surface area contributed by atoms with Crippen LogP contribution in [0.1, 0.15) is 25.1 Å². The first kappa shape index (κ1) is 11.3. The number of aldehydes is 1. The number of likely N-dealkylation sites (tertiary alicyclic amines) is 1. The Labute approximate surface area is 94.8 Å². The molecule has 5 nitrogen and oxygen atoms in total. The Balaban J connectivity index is 1.86. The average Bonchev–Trinajstić information content (AvgIpc) is 2.89. The van der Waals surface area contributed by atoms with Crippen LogP contribution in [0.5, 0.6) is 0 Å². The van der Waals surface area contributed by atoms with Crippen molar-refractivity contribution < 1.29 is 9.32 Å². The molecule has 0 N–H and O–H groups in total. The van der Waals surface area contributed by atoms with Gasteiger partial charge in [0.2, 0.25) is 5.89 Å². The highest BCUT2D eigenvalue weighted by atomic mass is 16.5. The van der Waals surface area contributed by atoms with Crippen molar-refractivity contribution in [2.45, 2.75) is 26.2 Å². The molecule has 1 atom stereocenters. The minimum absolute atomic E-state index is 0.245. The molecule has 1 saturated heterocycles. The normalized spacial score (nSPS) is 21.4. The van der Waals surface area contributed by atoms with Crippen molar-refractivity contribution in [1.82, 2.24) is 15.0 Å². The van der Waals surface area contributed by atoms with E-state index >= 15 is 0 Å². The quantitative estimate of drug-likeness (QED) is 0.687. The Morgan fingerprint density at radius 1 is 1.62 bits per heavy atom. The monoisotopic (exact) mass is 223 g/mol. The summed E-state index contributed by atoms with van der Waals surface area (Å²) in [5, 5.41) is 3.76. The third kappa shape index (κ3) is 2.66. The predicted octanol–water partition coefficient (Wildman–Crippen LogP) is 0.695. The number of hydrogen-bond donors (Lipinski definition) is 0. The summed E-state index contributed by atoms with van der Waals surface area (Å²) in [5.74, 6) is 1.78. The zero-order valence-electron chi connectivity index (χ0n) is 9.56. The first-order valence-electron chi connectivity index (χ1n) is 5.79. The number of carbonyl (C=O) groups is 1. The first-order valence-corrected chi connectivity index (χ1v) is 5.79. The van der Waals surface area contributed by atoms with Crippen molar-refractivity contribution in [2.24, 2.45) is 5.92 Å². The summed E-state index contributed by atoms with van der Waals surface area (Å²) in [6, 6.07) is 0. The van der Waals surface area contributed by atoms with E-state index in [1.54, 1.807) is 0 Å². The number of nitrogens with zero attached hydrogens (tertiary/aromatic N) is 3. The van der Waals surface area contributed by atoms with Gasteiger partial charge in [0.25, 0.3) is 0 Å². The lowest BCUT2D eigenvalue weighted by Gasteiger charge is -2.11. The summed E-state index contributed by atoms with van der Waals surface area (Å²) in [7, 11) is 0. The van der Waals surface area contributed by atoms with Gasteiger partial charge in [-0.1, -0.05) is 12.1 Å². The Kier molecular flexibility index (Phi) is 3.66. The summed E-state index contributed by atoms with van der Waals surface area (Å²) in [6.07, 6.45) is 3.07. The molecule has 1 fully saturated rings. The summed E-state index contributed by atoms with van der Waals surface area (Å²) < 4.78 is 5.11. The van der Waals surface area contributed by atoms with Gasteiger partial charge in [-0.05, 0) is 25.4 Å². The Morgan fingerprint density at radius 2 is 2.50 bits per heavy atom. The number of hydrogen-bond acceptors (Lipinski definition) is 5. The molecule has 0 amide bonds. The fraction of sp³-hybridized carbons (Fsp3) is 0.727. The lowest BCUT2D eigenvalue weighted by Crippen LogP contribution is -2.20. The van der Waals surface area contributed by atoms with Crippen LogP contribution in [0, 0.1) is 5.92 Å². The lowest BCUT2D eigenvalue weighted by molar-refractivity contribution is -0.107. The predicted molar refractivity (Wildman–Crippen MR) is 58.0 cm³/mol. The van der Waals surface area contributed by atoms with E-state index in [1.165, 1.54) is 6.42 Å². The average molecular weight is 223 g/mol. The van der Waals surface area contributed by atoms with Gasteiger partial charge in [-0.3, -0.25) is 0 Å². The Bertz CT molecular complexity index is 351. The van der Waals surface area contributed by atoms with Crippen molar-refractivity contribution >= 4 is 6.29 Å². The second-order valence-corrected chi connectivity index (χ2v) is 4.23. The fourth-order valence-electron chi connectivity index (χ4n) is 2.14. The molecule has 1 aliphatic rings. The van der Waals surface area contributed by atoms with E-state index in [0.717, 1.165) is 32.3 Å². The van der Waals surface area contributed by atoms with E-state index < -0.39 is 0 Å². The maximum Gasteiger partial charge on any atom is 0.226 e. The van der Waals surface area contributed by atoms with Crippen LogP contribution in [0.2, 0.25) is 0 Å². The van der Waals surface area contributed by atoms with Crippen molar-refractivity contribution in [3.8, 4) is 0 Å². The molecule has 0 aliphatic carbocycles.